The van der Waals surface area contributed by atoms with Gasteiger partial charge in [-0.05, 0) is 57.5 Å². The number of rotatable bonds is 6. The zero-order valence-electron chi connectivity index (χ0n) is 14.2. The lowest BCUT2D eigenvalue weighted by molar-refractivity contribution is 0.172. The Bertz CT molecular complexity index is 493. The summed E-state index contributed by atoms with van der Waals surface area (Å²) >= 11 is 0. The van der Waals surface area contributed by atoms with Crippen LogP contribution in [0, 0.1) is 5.92 Å². The van der Waals surface area contributed by atoms with E-state index in [9.17, 15) is 0 Å². The monoisotopic (exact) mass is 318 g/mol. The molecule has 0 unspecified atom stereocenters. The maximum absolute atomic E-state index is 5.38. The summed E-state index contributed by atoms with van der Waals surface area (Å²) in [5.74, 6) is 3.21. The van der Waals surface area contributed by atoms with Crippen LogP contribution >= 0.6 is 0 Å². The van der Waals surface area contributed by atoms with Crippen LogP contribution < -0.4 is 5.32 Å². The molecule has 23 heavy (non-hydrogen) atoms. The maximum Gasteiger partial charge on any atom is 0.229 e. The van der Waals surface area contributed by atoms with Crippen molar-refractivity contribution in [3.05, 3.63) is 11.7 Å². The average Bonchev–Trinajstić information content (AvgIpc) is 3.34. The number of hydrogen-bond acceptors (Lipinski definition) is 5. The topological polar surface area (TPSA) is 54.2 Å². The van der Waals surface area contributed by atoms with Crippen LogP contribution in [0.5, 0.6) is 0 Å². The summed E-state index contributed by atoms with van der Waals surface area (Å²) in [5.41, 5.74) is 0. The van der Waals surface area contributed by atoms with Gasteiger partial charge in [0.25, 0.3) is 0 Å². The summed E-state index contributed by atoms with van der Waals surface area (Å²) in [6, 6.07) is 0.639. The number of nitrogens with zero attached hydrogens (tertiary/aromatic N) is 3. The fourth-order valence-corrected chi connectivity index (χ4v) is 4.12. The molecule has 2 heterocycles. The zero-order chi connectivity index (χ0) is 15.5. The van der Waals surface area contributed by atoms with E-state index in [2.05, 4.69) is 20.4 Å². The van der Waals surface area contributed by atoms with Crippen LogP contribution in [-0.4, -0.2) is 40.7 Å². The molecule has 0 radical (unpaired) electrons. The molecule has 128 valence electrons. The molecule has 2 aliphatic carbocycles. The summed E-state index contributed by atoms with van der Waals surface area (Å²) in [7, 11) is 0. The zero-order valence-corrected chi connectivity index (χ0v) is 14.2. The van der Waals surface area contributed by atoms with Gasteiger partial charge in [-0.2, -0.15) is 4.98 Å². The number of hydrogen-bond donors (Lipinski definition) is 1. The Morgan fingerprint density at radius 3 is 2.74 bits per heavy atom. The van der Waals surface area contributed by atoms with E-state index in [1.807, 2.05) is 0 Å². The fraction of sp³-hybridized carbons (Fsp3) is 0.889. The van der Waals surface area contributed by atoms with E-state index in [0.717, 1.165) is 37.3 Å². The van der Waals surface area contributed by atoms with Crippen molar-refractivity contribution in [2.24, 2.45) is 5.92 Å². The van der Waals surface area contributed by atoms with Crippen LogP contribution in [0.3, 0.4) is 0 Å². The lowest BCUT2D eigenvalue weighted by Gasteiger charge is -2.33. The van der Waals surface area contributed by atoms with Gasteiger partial charge in [-0.15, -0.1) is 0 Å². The third kappa shape index (κ3) is 4.32. The number of aromatic nitrogens is 2. The molecule has 1 N–H and O–H groups in total. The van der Waals surface area contributed by atoms with Crippen molar-refractivity contribution in [3.8, 4) is 0 Å². The van der Waals surface area contributed by atoms with E-state index in [1.54, 1.807) is 0 Å². The summed E-state index contributed by atoms with van der Waals surface area (Å²) in [6.07, 6.45) is 12.2. The van der Waals surface area contributed by atoms with Crippen LogP contribution in [0.4, 0.5) is 0 Å². The third-order valence-electron chi connectivity index (χ3n) is 5.70. The second kappa shape index (κ2) is 7.31. The fourth-order valence-electron chi connectivity index (χ4n) is 4.12. The summed E-state index contributed by atoms with van der Waals surface area (Å²) in [4.78, 5) is 7.06. The quantitative estimate of drug-likeness (QED) is 0.873. The molecule has 0 bridgehead atoms. The first-order chi connectivity index (χ1) is 11.4. The van der Waals surface area contributed by atoms with Crippen molar-refractivity contribution in [2.75, 3.05) is 19.6 Å². The molecule has 1 saturated heterocycles. The van der Waals surface area contributed by atoms with Gasteiger partial charge < -0.3 is 9.84 Å². The van der Waals surface area contributed by atoms with Crippen molar-refractivity contribution < 1.29 is 4.52 Å². The molecule has 1 atom stereocenters. The molecule has 1 aromatic rings. The molecule has 5 heteroatoms. The van der Waals surface area contributed by atoms with Gasteiger partial charge in [0.1, 0.15) is 0 Å². The predicted molar refractivity (Wildman–Crippen MR) is 89.1 cm³/mol. The average molecular weight is 318 g/mol. The first-order valence-corrected chi connectivity index (χ1v) is 9.65. The Balaban J connectivity index is 1.23. The Hall–Kier alpha value is -0.940. The van der Waals surface area contributed by atoms with Crippen molar-refractivity contribution in [1.29, 1.82) is 0 Å². The Labute approximate surface area is 139 Å². The first kappa shape index (κ1) is 15.6. The van der Waals surface area contributed by atoms with Crippen LogP contribution in [0.2, 0.25) is 0 Å². The van der Waals surface area contributed by atoms with Crippen LogP contribution in [0.1, 0.15) is 75.4 Å². The molecule has 3 fully saturated rings. The summed E-state index contributed by atoms with van der Waals surface area (Å²) < 4.78 is 5.38. The molecule has 4 rings (SSSR count). The molecule has 1 aromatic heterocycles. The normalized spacial score (nSPS) is 27.4. The lowest BCUT2D eigenvalue weighted by Crippen LogP contribution is -2.46. The van der Waals surface area contributed by atoms with Gasteiger partial charge in [0.05, 0.1) is 6.54 Å². The highest BCUT2D eigenvalue weighted by Crippen LogP contribution is 2.38. The Kier molecular flexibility index (Phi) is 4.95. The first-order valence-electron chi connectivity index (χ1n) is 9.65. The van der Waals surface area contributed by atoms with Crippen molar-refractivity contribution in [2.45, 2.75) is 76.3 Å². The van der Waals surface area contributed by atoms with Crippen molar-refractivity contribution in [3.63, 3.8) is 0 Å². The van der Waals surface area contributed by atoms with Crippen LogP contribution in [0.15, 0.2) is 4.52 Å². The van der Waals surface area contributed by atoms with Gasteiger partial charge in [0.2, 0.25) is 5.89 Å². The Morgan fingerprint density at radius 2 is 1.91 bits per heavy atom. The molecule has 2 saturated carbocycles. The highest BCUT2D eigenvalue weighted by molar-refractivity contribution is 5.01. The van der Waals surface area contributed by atoms with Gasteiger partial charge in [0, 0.05) is 18.5 Å². The second-order valence-electron chi connectivity index (χ2n) is 7.81. The highest BCUT2D eigenvalue weighted by Gasteiger charge is 2.30. The van der Waals surface area contributed by atoms with Gasteiger partial charge >= 0.3 is 0 Å². The number of piperidine rings is 1. The molecule has 0 aromatic carbocycles. The number of likely N-dealkylation sites (tertiary alicyclic amines) is 1. The maximum atomic E-state index is 5.38. The van der Waals surface area contributed by atoms with Gasteiger partial charge in [-0.25, -0.2) is 0 Å². The van der Waals surface area contributed by atoms with Crippen molar-refractivity contribution >= 4 is 0 Å². The molecular formula is C18H30N4O. The van der Waals surface area contributed by atoms with Crippen molar-refractivity contribution in [1.82, 2.24) is 20.4 Å². The van der Waals surface area contributed by atoms with E-state index in [1.165, 1.54) is 64.3 Å². The summed E-state index contributed by atoms with van der Waals surface area (Å²) in [6.45, 7) is 4.35. The third-order valence-corrected chi connectivity index (χ3v) is 5.70. The van der Waals surface area contributed by atoms with E-state index in [-0.39, 0.29) is 0 Å². The van der Waals surface area contributed by atoms with Crippen LogP contribution in [0.25, 0.3) is 0 Å². The summed E-state index contributed by atoms with van der Waals surface area (Å²) in [5, 5.41) is 8.00. The highest BCUT2D eigenvalue weighted by atomic mass is 16.5. The van der Waals surface area contributed by atoms with Gasteiger partial charge in [-0.3, -0.25) is 4.90 Å². The van der Waals surface area contributed by atoms with E-state index in [4.69, 9.17) is 4.52 Å². The predicted octanol–water partition coefficient (Wildman–Crippen LogP) is 3.08. The largest absolute Gasteiger partial charge is 0.339 e. The standard InChI is InChI=1S/C18H30N4O/c1-2-5-14(6-3-1)11-19-16-7-4-10-22(12-16)13-17-20-18(23-21-17)15-8-9-15/h14-16,19H,1-13H2/t16-/m0/s1. The molecule has 1 aliphatic heterocycles. The molecule has 3 aliphatic rings. The van der Waals surface area contributed by atoms with Gasteiger partial charge in [0.15, 0.2) is 5.82 Å². The van der Waals surface area contributed by atoms with Gasteiger partial charge in [-0.1, -0.05) is 24.4 Å². The molecule has 0 amide bonds. The van der Waals surface area contributed by atoms with Crippen LogP contribution in [-0.2, 0) is 6.54 Å². The minimum absolute atomic E-state index is 0.558. The molecule has 0 spiro atoms. The van der Waals surface area contributed by atoms with E-state index >= 15 is 0 Å². The SMILES string of the molecule is C1CCC(CN[C@H]2CCCN(Cc3noc(C4CC4)n3)C2)CC1. The van der Waals surface area contributed by atoms with E-state index in [0.29, 0.717) is 12.0 Å². The second-order valence-corrected chi connectivity index (χ2v) is 7.81. The minimum atomic E-state index is 0.558. The Morgan fingerprint density at radius 1 is 1.04 bits per heavy atom. The minimum Gasteiger partial charge on any atom is -0.339 e. The molecular weight excluding hydrogens is 288 g/mol. The number of nitrogens with one attached hydrogen (secondary N) is 1. The smallest absolute Gasteiger partial charge is 0.229 e. The lowest BCUT2D eigenvalue weighted by atomic mass is 9.89. The molecule has 5 nitrogen and oxygen atoms in total. The van der Waals surface area contributed by atoms with E-state index < -0.39 is 0 Å².